The third kappa shape index (κ3) is 2.39. The molecule has 4 nitrogen and oxygen atoms in total. The Bertz CT molecular complexity index is 329. The zero-order valence-corrected chi connectivity index (χ0v) is 9.16. The summed E-state index contributed by atoms with van der Waals surface area (Å²) in [5, 5.41) is 6.79. The third-order valence-corrected chi connectivity index (χ3v) is 2.68. The van der Waals surface area contributed by atoms with E-state index in [9.17, 15) is 0 Å². The second-order valence-electron chi connectivity index (χ2n) is 3.94. The highest BCUT2D eigenvalue weighted by Gasteiger charge is 2.21. The van der Waals surface area contributed by atoms with Crippen molar-refractivity contribution in [1.82, 2.24) is 10.3 Å². The van der Waals surface area contributed by atoms with E-state index in [1.165, 1.54) is 0 Å². The topological polar surface area (TPSA) is 46.2 Å². The van der Waals surface area contributed by atoms with Crippen molar-refractivity contribution in [2.45, 2.75) is 25.4 Å². The number of pyridine rings is 1. The average Bonchev–Trinajstić information content (AvgIpc) is 2.65. The maximum Gasteiger partial charge on any atom is 0.168 e. The molecule has 4 heteroatoms. The summed E-state index contributed by atoms with van der Waals surface area (Å²) in [6.07, 6.45) is 2.90. The molecule has 0 amide bonds. The van der Waals surface area contributed by atoms with Crippen LogP contribution in [0.1, 0.15) is 13.3 Å². The molecule has 1 aliphatic rings. The fraction of sp³-hybridized carbons (Fsp3) is 0.545. The first-order chi connectivity index (χ1) is 7.29. The normalized spacial score (nSPS) is 25.2. The van der Waals surface area contributed by atoms with Gasteiger partial charge < -0.3 is 15.4 Å². The quantitative estimate of drug-likeness (QED) is 0.783. The number of hydrogen-bond donors (Lipinski definition) is 2. The van der Waals surface area contributed by atoms with Crippen LogP contribution in [0.3, 0.4) is 0 Å². The van der Waals surface area contributed by atoms with Gasteiger partial charge in [0.25, 0.3) is 0 Å². The smallest absolute Gasteiger partial charge is 0.168 e. The first kappa shape index (κ1) is 10.2. The van der Waals surface area contributed by atoms with Gasteiger partial charge in [0.05, 0.1) is 7.11 Å². The fourth-order valence-corrected chi connectivity index (χ4v) is 1.90. The van der Waals surface area contributed by atoms with Gasteiger partial charge in [0.1, 0.15) is 0 Å². The lowest BCUT2D eigenvalue weighted by atomic mass is 10.2. The Kier molecular flexibility index (Phi) is 3.06. The summed E-state index contributed by atoms with van der Waals surface area (Å²) in [7, 11) is 1.66. The van der Waals surface area contributed by atoms with Gasteiger partial charge in [-0.25, -0.2) is 4.98 Å². The van der Waals surface area contributed by atoms with Gasteiger partial charge in [-0.2, -0.15) is 0 Å². The Morgan fingerprint density at radius 3 is 3.13 bits per heavy atom. The van der Waals surface area contributed by atoms with Crippen LogP contribution >= 0.6 is 0 Å². The lowest BCUT2D eigenvalue weighted by Gasteiger charge is -2.14. The van der Waals surface area contributed by atoms with Gasteiger partial charge in [-0.15, -0.1) is 0 Å². The van der Waals surface area contributed by atoms with Crippen LogP contribution in [0.4, 0.5) is 5.82 Å². The van der Waals surface area contributed by atoms with Crippen LogP contribution in [0, 0.1) is 0 Å². The van der Waals surface area contributed by atoms with E-state index < -0.39 is 0 Å². The molecule has 0 bridgehead atoms. The average molecular weight is 207 g/mol. The number of ether oxygens (including phenoxy) is 1. The zero-order chi connectivity index (χ0) is 10.7. The Morgan fingerprint density at radius 1 is 1.60 bits per heavy atom. The molecule has 1 aliphatic heterocycles. The molecular weight excluding hydrogens is 190 g/mol. The molecule has 1 saturated heterocycles. The lowest BCUT2D eigenvalue weighted by Crippen LogP contribution is -2.23. The van der Waals surface area contributed by atoms with E-state index in [1.807, 2.05) is 12.1 Å². The van der Waals surface area contributed by atoms with Gasteiger partial charge in [0.2, 0.25) is 0 Å². The van der Waals surface area contributed by atoms with Gasteiger partial charge in [0.15, 0.2) is 11.6 Å². The highest BCUT2D eigenvalue weighted by Crippen LogP contribution is 2.22. The first-order valence-corrected chi connectivity index (χ1v) is 5.28. The molecule has 2 heterocycles. The van der Waals surface area contributed by atoms with Crippen molar-refractivity contribution in [2.75, 3.05) is 19.0 Å². The standard InChI is InChI=1S/C11H17N3O/c1-8-6-9(7-13-8)14-11-10(15-2)4-3-5-12-11/h3-5,8-9,13H,6-7H2,1-2H3,(H,12,14)/t8-,9-/m1/s1. The van der Waals surface area contributed by atoms with Crippen LogP contribution in [0.2, 0.25) is 0 Å². The minimum Gasteiger partial charge on any atom is -0.493 e. The number of rotatable bonds is 3. The van der Waals surface area contributed by atoms with Crippen LogP contribution < -0.4 is 15.4 Å². The highest BCUT2D eigenvalue weighted by atomic mass is 16.5. The van der Waals surface area contributed by atoms with E-state index >= 15 is 0 Å². The summed E-state index contributed by atoms with van der Waals surface area (Å²) in [6.45, 7) is 3.18. The summed E-state index contributed by atoms with van der Waals surface area (Å²) in [5.41, 5.74) is 0. The van der Waals surface area contributed by atoms with Crippen molar-refractivity contribution in [3.8, 4) is 5.75 Å². The van der Waals surface area contributed by atoms with E-state index in [0.29, 0.717) is 12.1 Å². The van der Waals surface area contributed by atoms with Crippen LogP contribution in [-0.4, -0.2) is 30.7 Å². The molecule has 1 fully saturated rings. The molecule has 2 N–H and O–H groups in total. The van der Waals surface area contributed by atoms with Crippen LogP contribution in [0.15, 0.2) is 18.3 Å². The van der Waals surface area contributed by atoms with Crippen molar-refractivity contribution < 1.29 is 4.74 Å². The predicted molar refractivity (Wildman–Crippen MR) is 60.3 cm³/mol. The number of nitrogens with zero attached hydrogens (tertiary/aromatic N) is 1. The van der Waals surface area contributed by atoms with Crippen molar-refractivity contribution in [1.29, 1.82) is 0 Å². The first-order valence-electron chi connectivity index (χ1n) is 5.28. The molecule has 0 unspecified atom stereocenters. The van der Waals surface area contributed by atoms with Crippen LogP contribution in [0.25, 0.3) is 0 Å². The number of hydrogen-bond acceptors (Lipinski definition) is 4. The number of anilines is 1. The second-order valence-corrected chi connectivity index (χ2v) is 3.94. The lowest BCUT2D eigenvalue weighted by molar-refractivity contribution is 0.414. The van der Waals surface area contributed by atoms with E-state index in [4.69, 9.17) is 4.74 Å². The molecule has 82 valence electrons. The summed E-state index contributed by atoms with van der Waals surface area (Å²) in [5.74, 6) is 1.64. The summed E-state index contributed by atoms with van der Waals surface area (Å²) < 4.78 is 5.24. The van der Waals surface area contributed by atoms with Gasteiger partial charge in [-0.3, -0.25) is 0 Å². The molecule has 0 radical (unpaired) electrons. The van der Waals surface area contributed by atoms with Crippen molar-refractivity contribution in [3.05, 3.63) is 18.3 Å². The summed E-state index contributed by atoms with van der Waals surface area (Å²) in [6, 6.07) is 4.82. The molecular formula is C11H17N3O. The largest absolute Gasteiger partial charge is 0.493 e. The Morgan fingerprint density at radius 2 is 2.47 bits per heavy atom. The molecule has 1 aromatic rings. The SMILES string of the molecule is COc1cccnc1N[C@H]1CN[C@H](C)C1. The van der Waals surface area contributed by atoms with E-state index in [1.54, 1.807) is 13.3 Å². The van der Waals surface area contributed by atoms with Gasteiger partial charge in [-0.05, 0) is 25.5 Å². The molecule has 0 aliphatic carbocycles. The molecule has 0 spiro atoms. The molecule has 2 rings (SSSR count). The molecule has 2 atom stereocenters. The molecule has 0 aromatic carbocycles. The van der Waals surface area contributed by atoms with Crippen LogP contribution in [0.5, 0.6) is 5.75 Å². The second kappa shape index (κ2) is 4.49. The molecule has 0 saturated carbocycles. The minimum atomic E-state index is 0.448. The van der Waals surface area contributed by atoms with Gasteiger partial charge in [-0.1, -0.05) is 0 Å². The predicted octanol–water partition coefficient (Wildman–Crippen LogP) is 1.25. The Hall–Kier alpha value is -1.29. The number of methoxy groups -OCH3 is 1. The maximum absolute atomic E-state index is 5.24. The van der Waals surface area contributed by atoms with Crippen molar-refractivity contribution in [3.63, 3.8) is 0 Å². The minimum absolute atomic E-state index is 0.448. The number of aromatic nitrogens is 1. The molecule has 1 aromatic heterocycles. The van der Waals surface area contributed by atoms with E-state index in [2.05, 4.69) is 22.5 Å². The highest BCUT2D eigenvalue weighted by molar-refractivity contribution is 5.50. The Balaban J connectivity index is 2.04. The van der Waals surface area contributed by atoms with Crippen molar-refractivity contribution in [2.24, 2.45) is 0 Å². The van der Waals surface area contributed by atoms with Crippen molar-refractivity contribution >= 4 is 5.82 Å². The van der Waals surface area contributed by atoms with Gasteiger partial charge in [0, 0.05) is 24.8 Å². The van der Waals surface area contributed by atoms with E-state index in [0.717, 1.165) is 24.5 Å². The zero-order valence-electron chi connectivity index (χ0n) is 9.16. The summed E-state index contributed by atoms with van der Waals surface area (Å²) in [4.78, 5) is 4.27. The monoisotopic (exact) mass is 207 g/mol. The summed E-state index contributed by atoms with van der Waals surface area (Å²) >= 11 is 0. The fourth-order valence-electron chi connectivity index (χ4n) is 1.90. The Labute approximate surface area is 90.0 Å². The van der Waals surface area contributed by atoms with E-state index in [-0.39, 0.29) is 0 Å². The number of nitrogens with one attached hydrogen (secondary N) is 2. The van der Waals surface area contributed by atoms with Crippen LogP contribution in [-0.2, 0) is 0 Å². The third-order valence-electron chi connectivity index (χ3n) is 2.68. The molecule has 15 heavy (non-hydrogen) atoms. The maximum atomic E-state index is 5.24. The van der Waals surface area contributed by atoms with Gasteiger partial charge >= 0.3 is 0 Å².